The van der Waals surface area contributed by atoms with Gasteiger partial charge in [0, 0.05) is 29.6 Å². The Kier molecular flexibility index (Phi) is 4.79. The Balaban J connectivity index is 1.62. The summed E-state index contributed by atoms with van der Waals surface area (Å²) in [5.74, 6) is 0.832. The fourth-order valence-corrected chi connectivity index (χ4v) is 4.08. The lowest BCUT2D eigenvalue weighted by Crippen LogP contribution is -2.30. The fraction of sp³-hybridized carbons (Fsp3) is 0.240. The van der Waals surface area contributed by atoms with E-state index in [1.807, 2.05) is 42.5 Å². The van der Waals surface area contributed by atoms with Gasteiger partial charge in [0.25, 0.3) is 0 Å². The van der Waals surface area contributed by atoms with Crippen molar-refractivity contribution >= 4 is 34.7 Å². The molecule has 30 heavy (non-hydrogen) atoms. The van der Waals surface area contributed by atoms with Crippen molar-refractivity contribution in [1.82, 2.24) is 4.98 Å². The molecule has 0 amide bonds. The summed E-state index contributed by atoms with van der Waals surface area (Å²) in [6.07, 6.45) is 5.37. The molecule has 1 fully saturated rings. The van der Waals surface area contributed by atoms with Crippen molar-refractivity contribution in [2.24, 2.45) is 4.99 Å². The van der Waals surface area contributed by atoms with Crippen LogP contribution in [-0.2, 0) is 9.53 Å². The number of benzene rings is 2. The number of carbonyl (C=O) groups excluding carboxylic acids is 1. The van der Waals surface area contributed by atoms with Gasteiger partial charge in [0.15, 0.2) is 5.70 Å². The lowest BCUT2D eigenvalue weighted by Gasteiger charge is -2.29. The highest BCUT2D eigenvalue weighted by Gasteiger charge is 2.25. The van der Waals surface area contributed by atoms with Gasteiger partial charge in [-0.05, 0) is 56.0 Å². The minimum atomic E-state index is -0.428. The smallest absolute Gasteiger partial charge is 0.363 e. The molecule has 1 aromatic heterocycles. The van der Waals surface area contributed by atoms with E-state index in [1.54, 1.807) is 0 Å². The van der Waals surface area contributed by atoms with E-state index in [-0.39, 0.29) is 0 Å². The summed E-state index contributed by atoms with van der Waals surface area (Å²) in [6.45, 7) is 4.03. The first-order valence-corrected chi connectivity index (χ1v) is 10.4. The zero-order valence-electron chi connectivity index (χ0n) is 17.0. The van der Waals surface area contributed by atoms with E-state index >= 15 is 0 Å². The first-order valence-electron chi connectivity index (χ1n) is 10.4. The first kappa shape index (κ1) is 18.6. The summed E-state index contributed by atoms with van der Waals surface area (Å²) < 4.78 is 5.43. The Morgan fingerprint density at radius 1 is 1.00 bits per heavy atom. The maximum absolute atomic E-state index is 12.5. The maximum Gasteiger partial charge on any atom is 0.363 e. The monoisotopic (exact) mass is 397 g/mol. The highest BCUT2D eigenvalue weighted by atomic mass is 16.6. The molecule has 150 valence electrons. The van der Waals surface area contributed by atoms with Crippen LogP contribution in [-0.4, -0.2) is 29.9 Å². The molecule has 0 bridgehead atoms. The number of ether oxygens (including phenoxy) is 1. The van der Waals surface area contributed by atoms with Gasteiger partial charge in [0.05, 0.1) is 5.52 Å². The maximum atomic E-state index is 12.5. The minimum absolute atomic E-state index is 0.306. The van der Waals surface area contributed by atoms with E-state index in [2.05, 4.69) is 35.0 Å². The van der Waals surface area contributed by atoms with Gasteiger partial charge in [0.2, 0.25) is 5.90 Å². The van der Waals surface area contributed by atoms with Crippen LogP contribution in [0.4, 0.5) is 5.82 Å². The van der Waals surface area contributed by atoms with Gasteiger partial charge in [-0.25, -0.2) is 14.8 Å². The lowest BCUT2D eigenvalue weighted by molar-refractivity contribution is -0.129. The standard InChI is InChI=1S/C25H23N3O2/c1-17-9-8-12-19-15-20(23(27-22(17)19)28-13-6-3-7-14-28)16-21-25(29)30-24(26-21)18-10-4-2-5-11-18/h2,4-5,8-12,15-16H,3,6-7,13-14H2,1H3/b21-16-. The van der Waals surface area contributed by atoms with Crippen molar-refractivity contribution in [3.63, 3.8) is 0 Å². The van der Waals surface area contributed by atoms with Crippen LogP contribution in [0.1, 0.15) is 36.0 Å². The molecule has 0 aliphatic carbocycles. The second-order valence-electron chi connectivity index (χ2n) is 7.80. The molecule has 0 atom stereocenters. The Morgan fingerprint density at radius 3 is 2.60 bits per heavy atom. The molecule has 5 rings (SSSR count). The third-order valence-corrected chi connectivity index (χ3v) is 5.64. The van der Waals surface area contributed by atoms with Gasteiger partial charge in [-0.15, -0.1) is 0 Å². The number of hydrogen-bond donors (Lipinski definition) is 0. The minimum Gasteiger partial charge on any atom is -0.402 e. The van der Waals surface area contributed by atoms with Crippen molar-refractivity contribution < 1.29 is 9.53 Å². The van der Waals surface area contributed by atoms with Gasteiger partial charge >= 0.3 is 5.97 Å². The number of anilines is 1. The van der Waals surface area contributed by atoms with Crippen LogP contribution in [0.5, 0.6) is 0 Å². The fourth-order valence-electron chi connectivity index (χ4n) is 4.08. The number of nitrogens with zero attached hydrogens (tertiary/aromatic N) is 3. The van der Waals surface area contributed by atoms with Crippen LogP contribution in [0.25, 0.3) is 17.0 Å². The van der Waals surface area contributed by atoms with Gasteiger partial charge in [-0.2, -0.15) is 0 Å². The normalized spacial score (nSPS) is 18.0. The number of aliphatic imine (C=N–C) groups is 1. The summed E-state index contributed by atoms with van der Waals surface area (Å²) in [6, 6.07) is 17.8. The molecule has 3 heterocycles. The molecule has 2 aliphatic heterocycles. The molecule has 0 N–H and O–H groups in total. The summed E-state index contributed by atoms with van der Waals surface area (Å²) in [5, 5.41) is 1.06. The summed E-state index contributed by atoms with van der Waals surface area (Å²) in [7, 11) is 0. The lowest BCUT2D eigenvalue weighted by atomic mass is 10.1. The number of esters is 1. The largest absolute Gasteiger partial charge is 0.402 e. The van der Waals surface area contributed by atoms with E-state index in [0.717, 1.165) is 59.3 Å². The third kappa shape index (κ3) is 3.47. The predicted octanol–water partition coefficient (Wildman–Crippen LogP) is 4.88. The number of pyridine rings is 1. The Labute approximate surface area is 175 Å². The van der Waals surface area contributed by atoms with Gasteiger partial charge in [-0.1, -0.05) is 36.4 Å². The van der Waals surface area contributed by atoms with Gasteiger partial charge in [0.1, 0.15) is 5.82 Å². The summed E-state index contributed by atoms with van der Waals surface area (Å²) >= 11 is 0. The molecule has 1 saturated heterocycles. The predicted molar refractivity (Wildman–Crippen MR) is 120 cm³/mol. The number of rotatable bonds is 3. The summed E-state index contributed by atoms with van der Waals surface area (Å²) in [4.78, 5) is 24.4. The Hall–Kier alpha value is -3.47. The number of cyclic esters (lactones) is 1. The first-order chi connectivity index (χ1) is 14.7. The van der Waals surface area contributed by atoms with Crippen molar-refractivity contribution in [1.29, 1.82) is 0 Å². The number of hydrogen-bond acceptors (Lipinski definition) is 5. The van der Waals surface area contributed by atoms with Crippen LogP contribution in [0.15, 0.2) is 65.3 Å². The van der Waals surface area contributed by atoms with Crippen LogP contribution < -0.4 is 4.90 Å². The van der Waals surface area contributed by atoms with E-state index in [0.29, 0.717) is 11.6 Å². The average Bonchev–Trinajstić information content (AvgIpc) is 3.15. The van der Waals surface area contributed by atoms with Crippen LogP contribution >= 0.6 is 0 Å². The Bertz CT molecular complexity index is 1180. The SMILES string of the molecule is Cc1cccc2cc(/C=C3\N=C(c4ccccc4)OC3=O)c(N3CCCCC3)nc12. The molecule has 0 saturated carbocycles. The molecule has 2 aliphatic rings. The number of piperidine rings is 1. The quantitative estimate of drug-likeness (QED) is 0.467. The second kappa shape index (κ2) is 7.75. The van der Waals surface area contributed by atoms with E-state index in [9.17, 15) is 4.79 Å². The van der Waals surface area contributed by atoms with Crippen LogP contribution in [0.3, 0.4) is 0 Å². The molecule has 0 unspecified atom stereocenters. The zero-order valence-corrected chi connectivity index (χ0v) is 17.0. The highest BCUT2D eigenvalue weighted by Crippen LogP contribution is 2.30. The zero-order chi connectivity index (χ0) is 20.5. The van der Waals surface area contributed by atoms with Crippen molar-refractivity contribution in [3.05, 3.63) is 77.0 Å². The number of carbonyl (C=O) groups is 1. The van der Waals surface area contributed by atoms with Crippen molar-refractivity contribution in [2.45, 2.75) is 26.2 Å². The molecular formula is C25H23N3O2. The number of para-hydroxylation sites is 1. The van der Waals surface area contributed by atoms with E-state index < -0.39 is 5.97 Å². The molecule has 2 aromatic carbocycles. The van der Waals surface area contributed by atoms with Gasteiger partial charge < -0.3 is 9.64 Å². The van der Waals surface area contributed by atoms with Crippen molar-refractivity contribution in [2.75, 3.05) is 18.0 Å². The molecule has 3 aromatic rings. The van der Waals surface area contributed by atoms with E-state index in [4.69, 9.17) is 9.72 Å². The average molecular weight is 397 g/mol. The number of aromatic nitrogens is 1. The van der Waals surface area contributed by atoms with Crippen LogP contribution in [0, 0.1) is 6.92 Å². The molecule has 0 radical (unpaired) electrons. The third-order valence-electron chi connectivity index (χ3n) is 5.64. The molecule has 5 heteroatoms. The van der Waals surface area contributed by atoms with Crippen LogP contribution in [0.2, 0.25) is 0 Å². The van der Waals surface area contributed by atoms with E-state index in [1.165, 1.54) is 6.42 Å². The Morgan fingerprint density at radius 2 is 1.80 bits per heavy atom. The number of aryl methyl sites for hydroxylation is 1. The highest BCUT2D eigenvalue weighted by molar-refractivity contribution is 6.13. The second-order valence-corrected chi connectivity index (χ2v) is 7.80. The molecular weight excluding hydrogens is 374 g/mol. The van der Waals surface area contributed by atoms with Crippen molar-refractivity contribution in [3.8, 4) is 0 Å². The number of fused-ring (bicyclic) bond motifs is 1. The molecule has 5 nitrogen and oxygen atoms in total. The van der Waals surface area contributed by atoms with Gasteiger partial charge in [-0.3, -0.25) is 0 Å². The topological polar surface area (TPSA) is 54.8 Å². The summed E-state index contributed by atoms with van der Waals surface area (Å²) in [5.41, 5.74) is 4.15. The molecule has 0 spiro atoms.